The van der Waals surface area contributed by atoms with Crippen LogP contribution in [0.4, 0.5) is 4.39 Å². The average Bonchev–Trinajstić information content (AvgIpc) is 2.37. The highest BCUT2D eigenvalue weighted by Crippen LogP contribution is 2.22. The molecule has 0 aromatic heterocycles. The van der Waals surface area contributed by atoms with Gasteiger partial charge in [0.1, 0.15) is 11.9 Å². The van der Waals surface area contributed by atoms with Crippen LogP contribution in [0.15, 0.2) is 24.3 Å². The number of aliphatic hydroxyl groups is 2. The molecule has 104 valence electrons. The minimum Gasteiger partial charge on any atom is -0.478 e. The third kappa shape index (κ3) is 4.44. The Labute approximate surface area is 109 Å². The van der Waals surface area contributed by atoms with E-state index in [-0.39, 0.29) is 18.5 Å². The summed E-state index contributed by atoms with van der Waals surface area (Å²) in [7, 11) is 0. The molecule has 0 saturated heterocycles. The van der Waals surface area contributed by atoms with Crippen LogP contribution in [0.2, 0.25) is 0 Å². The maximum Gasteiger partial charge on any atom is 0.328 e. The lowest BCUT2D eigenvalue weighted by molar-refractivity contribution is -0.131. The van der Waals surface area contributed by atoms with Crippen molar-refractivity contribution in [3.8, 4) is 0 Å². The van der Waals surface area contributed by atoms with Crippen molar-refractivity contribution < 1.29 is 24.5 Å². The van der Waals surface area contributed by atoms with E-state index in [9.17, 15) is 19.4 Å². The lowest BCUT2D eigenvalue weighted by Gasteiger charge is -2.18. The smallest absolute Gasteiger partial charge is 0.328 e. The van der Waals surface area contributed by atoms with Crippen molar-refractivity contribution in [2.24, 2.45) is 5.73 Å². The fraction of sp³-hybridized carbons (Fsp3) is 0.308. The summed E-state index contributed by atoms with van der Waals surface area (Å²) in [4.78, 5) is 10.4. The Balaban J connectivity index is 2.98. The van der Waals surface area contributed by atoms with Gasteiger partial charge in [-0.25, -0.2) is 9.18 Å². The largest absolute Gasteiger partial charge is 0.478 e. The van der Waals surface area contributed by atoms with Crippen molar-refractivity contribution in [3.63, 3.8) is 0 Å². The molecule has 6 heteroatoms. The zero-order valence-corrected chi connectivity index (χ0v) is 10.2. The quantitative estimate of drug-likeness (QED) is 0.568. The fourth-order valence-corrected chi connectivity index (χ4v) is 1.59. The molecule has 0 amide bonds. The van der Waals surface area contributed by atoms with Crippen molar-refractivity contribution in [2.75, 3.05) is 6.54 Å². The molecule has 2 atom stereocenters. The summed E-state index contributed by atoms with van der Waals surface area (Å²) in [5, 5.41) is 27.9. The molecule has 5 N–H and O–H groups in total. The first kappa shape index (κ1) is 15.3. The first-order valence-electron chi connectivity index (χ1n) is 5.72. The van der Waals surface area contributed by atoms with Crippen LogP contribution in [0.3, 0.4) is 0 Å². The van der Waals surface area contributed by atoms with Gasteiger partial charge in [0.05, 0.1) is 6.10 Å². The van der Waals surface area contributed by atoms with Crippen LogP contribution in [0.1, 0.15) is 23.7 Å². The van der Waals surface area contributed by atoms with E-state index in [1.165, 1.54) is 12.1 Å². The molecule has 0 spiro atoms. The number of aliphatic carboxylic acids is 1. The second-order valence-corrected chi connectivity index (χ2v) is 4.04. The number of nitrogens with two attached hydrogens (primary N) is 1. The Hall–Kier alpha value is -1.76. The lowest BCUT2D eigenvalue weighted by Crippen LogP contribution is -2.21. The lowest BCUT2D eigenvalue weighted by atomic mass is 9.99. The molecular weight excluding hydrogens is 253 g/mol. The van der Waals surface area contributed by atoms with Gasteiger partial charge < -0.3 is 21.1 Å². The Morgan fingerprint density at radius 1 is 1.42 bits per heavy atom. The Morgan fingerprint density at radius 2 is 2.11 bits per heavy atom. The number of hydrogen-bond donors (Lipinski definition) is 4. The molecule has 1 aromatic rings. The molecule has 19 heavy (non-hydrogen) atoms. The summed E-state index contributed by atoms with van der Waals surface area (Å²) >= 11 is 0. The van der Waals surface area contributed by atoms with Gasteiger partial charge in [0, 0.05) is 11.6 Å². The maximum atomic E-state index is 13.4. The second kappa shape index (κ2) is 6.98. The van der Waals surface area contributed by atoms with Crippen LogP contribution in [0, 0.1) is 5.82 Å². The van der Waals surface area contributed by atoms with Crippen LogP contribution in [-0.4, -0.2) is 33.9 Å². The Kier molecular flexibility index (Phi) is 5.62. The molecular formula is C13H16FNO4. The predicted molar refractivity (Wildman–Crippen MR) is 67.7 cm³/mol. The van der Waals surface area contributed by atoms with Crippen molar-refractivity contribution >= 4 is 12.0 Å². The van der Waals surface area contributed by atoms with E-state index in [2.05, 4.69) is 0 Å². The van der Waals surface area contributed by atoms with E-state index in [1.54, 1.807) is 0 Å². The molecule has 0 aliphatic heterocycles. The third-order valence-corrected chi connectivity index (χ3v) is 2.59. The topological polar surface area (TPSA) is 104 Å². The summed E-state index contributed by atoms with van der Waals surface area (Å²) in [5.41, 5.74) is 5.60. The Bertz CT molecular complexity index is 476. The van der Waals surface area contributed by atoms with E-state index >= 15 is 0 Å². The highest BCUT2D eigenvalue weighted by Gasteiger charge is 2.18. The molecule has 0 aliphatic rings. The highest BCUT2D eigenvalue weighted by molar-refractivity contribution is 5.85. The van der Waals surface area contributed by atoms with E-state index in [0.717, 1.165) is 18.2 Å². The second-order valence-electron chi connectivity index (χ2n) is 4.04. The zero-order chi connectivity index (χ0) is 14.4. The van der Waals surface area contributed by atoms with E-state index in [4.69, 9.17) is 10.8 Å². The van der Waals surface area contributed by atoms with Gasteiger partial charge in [0.2, 0.25) is 0 Å². The van der Waals surface area contributed by atoms with Gasteiger partial charge in [-0.1, -0.05) is 6.07 Å². The van der Waals surface area contributed by atoms with Gasteiger partial charge in [0.15, 0.2) is 0 Å². The van der Waals surface area contributed by atoms with Crippen LogP contribution < -0.4 is 5.73 Å². The van der Waals surface area contributed by atoms with E-state index in [1.807, 2.05) is 0 Å². The van der Waals surface area contributed by atoms with Gasteiger partial charge in [-0.15, -0.1) is 0 Å². The fourth-order valence-electron chi connectivity index (χ4n) is 1.59. The summed E-state index contributed by atoms with van der Waals surface area (Å²) in [6.45, 7) is 0.213. The first-order valence-corrected chi connectivity index (χ1v) is 5.72. The van der Waals surface area contributed by atoms with Crippen molar-refractivity contribution in [1.29, 1.82) is 0 Å². The molecule has 2 unspecified atom stereocenters. The van der Waals surface area contributed by atoms with Crippen molar-refractivity contribution in [1.82, 2.24) is 0 Å². The molecule has 0 saturated carbocycles. The summed E-state index contributed by atoms with van der Waals surface area (Å²) in [5.74, 6) is -1.81. The number of hydrogen-bond acceptors (Lipinski definition) is 4. The molecule has 0 radical (unpaired) electrons. The maximum absolute atomic E-state index is 13.4. The molecule has 5 nitrogen and oxygen atoms in total. The molecule has 1 rings (SSSR count). The highest BCUT2D eigenvalue weighted by atomic mass is 19.1. The van der Waals surface area contributed by atoms with Crippen LogP contribution in [-0.2, 0) is 4.79 Å². The number of carboxylic acid groups (broad SMARTS) is 1. The predicted octanol–water partition coefficient (Wildman–Crippen LogP) is 0.667. The van der Waals surface area contributed by atoms with Crippen molar-refractivity contribution in [2.45, 2.75) is 18.6 Å². The van der Waals surface area contributed by atoms with E-state index < -0.39 is 24.0 Å². The Morgan fingerprint density at radius 3 is 2.68 bits per heavy atom. The minimum absolute atomic E-state index is 0.0268. The third-order valence-electron chi connectivity index (χ3n) is 2.59. The molecule has 0 heterocycles. The van der Waals surface area contributed by atoms with E-state index in [0.29, 0.717) is 5.56 Å². The summed E-state index contributed by atoms with van der Waals surface area (Å²) < 4.78 is 13.4. The number of carbonyl (C=O) groups is 1. The number of carboxylic acids is 1. The average molecular weight is 269 g/mol. The summed E-state index contributed by atoms with van der Waals surface area (Å²) in [6.07, 6.45) is -0.152. The van der Waals surface area contributed by atoms with Gasteiger partial charge >= 0.3 is 5.97 Å². The minimum atomic E-state index is -1.20. The van der Waals surface area contributed by atoms with Gasteiger partial charge in [-0.2, -0.15) is 0 Å². The number of benzene rings is 1. The monoisotopic (exact) mass is 269 g/mol. The SMILES string of the molecule is NCCC(O)C(O)c1ccc(F)c(/C=C/C(=O)O)c1. The zero-order valence-electron chi connectivity index (χ0n) is 10.2. The standard InChI is InChI=1S/C13H16FNO4/c14-10-3-1-9(13(19)11(16)5-6-15)7-8(10)2-4-12(17)18/h1-4,7,11,13,16,19H,5-6,15H2,(H,17,18)/b4-2+. The molecule has 1 aromatic carbocycles. The molecule has 0 bridgehead atoms. The molecule has 0 fully saturated rings. The van der Waals surface area contributed by atoms with Crippen LogP contribution in [0.25, 0.3) is 6.08 Å². The summed E-state index contributed by atoms with van der Waals surface area (Å²) in [6, 6.07) is 3.73. The van der Waals surface area contributed by atoms with Gasteiger partial charge in [0.25, 0.3) is 0 Å². The van der Waals surface area contributed by atoms with Crippen LogP contribution in [0.5, 0.6) is 0 Å². The first-order chi connectivity index (χ1) is 8.95. The van der Waals surface area contributed by atoms with Gasteiger partial charge in [-0.3, -0.25) is 0 Å². The molecule has 0 aliphatic carbocycles. The number of aliphatic hydroxyl groups excluding tert-OH is 2. The van der Waals surface area contributed by atoms with Crippen LogP contribution >= 0.6 is 0 Å². The number of halogens is 1. The van der Waals surface area contributed by atoms with Crippen molar-refractivity contribution in [3.05, 3.63) is 41.2 Å². The van der Waals surface area contributed by atoms with Gasteiger partial charge in [-0.05, 0) is 36.7 Å². The normalized spacial score (nSPS) is 14.5. The number of rotatable bonds is 6.